The van der Waals surface area contributed by atoms with Crippen LogP contribution in [0.5, 0.6) is 0 Å². The lowest BCUT2D eigenvalue weighted by Crippen LogP contribution is -2.30. The summed E-state index contributed by atoms with van der Waals surface area (Å²) >= 11 is 0. The Bertz CT molecular complexity index is 1420. The first-order chi connectivity index (χ1) is 34.0. The average molecular weight is 958 g/mol. The van der Waals surface area contributed by atoms with E-state index in [1.54, 1.807) is 0 Å². The number of unbranched alkanes of at least 4 members (excludes halogenated alkanes) is 21. The SMILES string of the molecule is CC/C=C\C/C=C\C/C=C\C/C=C\C/C=C\C/C=C\C/C=C\CCCCCCCCCC(=O)OCC(COC(=O)CCCCCCCCCC)OC(=O)CCCCCCC/C=C\C/C=C\CCCC. The molecule has 6 heteroatoms. The molecule has 0 saturated heterocycles. The molecule has 0 fully saturated rings. The van der Waals surface area contributed by atoms with Crippen LogP contribution in [0.3, 0.4) is 0 Å². The Balaban J connectivity index is 4.23. The number of hydrogen-bond acceptors (Lipinski definition) is 6. The molecule has 0 amide bonds. The lowest BCUT2D eigenvalue weighted by molar-refractivity contribution is -0.167. The molecule has 0 N–H and O–H groups in total. The second-order valence-electron chi connectivity index (χ2n) is 18.5. The summed E-state index contributed by atoms with van der Waals surface area (Å²) < 4.78 is 16.8. The van der Waals surface area contributed by atoms with Gasteiger partial charge in [-0.15, -0.1) is 0 Å². The molecule has 0 rings (SSSR count). The van der Waals surface area contributed by atoms with Crippen molar-refractivity contribution in [3.8, 4) is 0 Å². The maximum atomic E-state index is 12.8. The number of esters is 3. The van der Waals surface area contributed by atoms with Gasteiger partial charge in [0.05, 0.1) is 0 Å². The third-order valence-corrected chi connectivity index (χ3v) is 11.8. The van der Waals surface area contributed by atoms with Crippen LogP contribution >= 0.6 is 0 Å². The first kappa shape index (κ1) is 65.1. The van der Waals surface area contributed by atoms with Crippen LogP contribution in [0, 0.1) is 0 Å². The first-order valence-corrected chi connectivity index (χ1v) is 28.4. The van der Waals surface area contributed by atoms with Crippen molar-refractivity contribution in [3.63, 3.8) is 0 Å². The summed E-state index contributed by atoms with van der Waals surface area (Å²) in [6.07, 6.45) is 76.6. The van der Waals surface area contributed by atoms with Gasteiger partial charge in [-0.25, -0.2) is 0 Å². The molecule has 0 aliphatic carbocycles. The Morgan fingerprint density at radius 2 is 0.580 bits per heavy atom. The van der Waals surface area contributed by atoms with Crippen LogP contribution in [0.2, 0.25) is 0 Å². The molecule has 0 aromatic heterocycles. The van der Waals surface area contributed by atoms with Crippen molar-refractivity contribution < 1.29 is 28.6 Å². The van der Waals surface area contributed by atoms with Crippen LogP contribution in [-0.2, 0) is 28.6 Å². The first-order valence-electron chi connectivity index (χ1n) is 28.4. The topological polar surface area (TPSA) is 78.9 Å². The van der Waals surface area contributed by atoms with Crippen LogP contribution in [0.25, 0.3) is 0 Å². The van der Waals surface area contributed by atoms with Crippen molar-refractivity contribution in [2.24, 2.45) is 0 Å². The molecule has 0 aliphatic rings. The number of carbonyl (C=O) groups excluding carboxylic acids is 3. The predicted molar refractivity (Wildman–Crippen MR) is 297 cm³/mol. The smallest absolute Gasteiger partial charge is 0.306 e. The molecule has 1 unspecified atom stereocenters. The van der Waals surface area contributed by atoms with Crippen LogP contribution in [0.4, 0.5) is 0 Å². The molecular formula is C63H104O6. The minimum atomic E-state index is -0.788. The normalized spacial score (nSPS) is 12.9. The lowest BCUT2D eigenvalue weighted by Gasteiger charge is -2.18. The summed E-state index contributed by atoms with van der Waals surface area (Å²) in [5.41, 5.74) is 0. The number of ether oxygens (including phenoxy) is 3. The molecule has 0 radical (unpaired) electrons. The van der Waals surface area contributed by atoms with Gasteiger partial charge in [0.15, 0.2) is 6.10 Å². The van der Waals surface area contributed by atoms with E-state index in [-0.39, 0.29) is 31.1 Å². The molecule has 1 atom stereocenters. The molecule has 392 valence electrons. The Hall–Kier alpha value is -3.93. The average Bonchev–Trinajstić information content (AvgIpc) is 3.35. The van der Waals surface area contributed by atoms with Crippen molar-refractivity contribution in [1.82, 2.24) is 0 Å². The zero-order valence-electron chi connectivity index (χ0n) is 44.8. The van der Waals surface area contributed by atoms with Crippen molar-refractivity contribution in [2.75, 3.05) is 13.2 Å². The van der Waals surface area contributed by atoms with Crippen LogP contribution in [0.15, 0.2) is 109 Å². The van der Waals surface area contributed by atoms with Gasteiger partial charge in [0, 0.05) is 19.3 Å². The summed E-state index contributed by atoms with van der Waals surface area (Å²) in [4.78, 5) is 37.9. The van der Waals surface area contributed by atoms with Crippen molar-refractivity contribution in [2.45, 2.75) is 258 Å². The predicted octanol–water partition coefficient (Wildman–Crippen LogP) is 19.1. The van der Waals surface area contributed by atoms with E-state index in [1.165, 1.54) is 77.0 Å². The third-order valence-electron chi connectivity index (χ3n) is 11.8. The van der Waals surface area contributed by atoms with E-state index < -0.39 is 6.10 Å². The maximum absolute atomic E-state index is 12.8. The number of rotatable bonds is 50. The van der Waals surface area contributed by atoms with Gasteiger partial charge in [0.25, 0.3) is 0 Å². The summed E-state index contributed by atoms with van der Waals surface area (Å²) in [5.74, 6) is -0.919. The van der Waals surface area contributed by atoms with E-state index in [4.69, 9.17) is 14.2 Å². The van der Waals surface area contributed by atoms with Gasteiger partial charge in [-0.3, -0.25) is 14.4 Å². The highest BCUT2D eigenvalue weighted by molar-refractivity contribution is 5.71. The fraction of sp³-hybridized carbons (Fsp3) is 0.667. The van der Waals surface area contributed by atoms with Gasteiger partial charge in [-0.1, -0.05) is 239 Å². The standard InChI is InChI=1S/C63H104O6/c1-4-7-10-13-16-19-21-23-25-26-27-28-29-30-31-32-33-34-35-36-37-38-39-41-42-44-47-50-53-56-62(65)68-59-60(58-67-61(64)55-52-49-46-18-15-12-9-6-3)69-63(66)57-54-51-48-45-43-40-24-22-20-17-14-11-8-5-2/h7,10,14,16-17,19,22-25,27-28,30-31,33-34,36-37,60H,4-6,8-9,11-13,15,18,20-21,26,29,32,35,38-59H2,1-3H3/b10-7-,17-14-,19-16-,24-22-,25-23-,28-27-,31-30-,34-33-,37-36-. The van der Waals surface area contributed by atoms with E-state index in [0.717, 1.165) is 135 Å². The Morgan fingerprint density at radius 1 is 0.304 bits per heavy atom. The number of carbonyl (C=O) groups is 3. The molecule has 0 aromatic carbocycles. The minimum Gasteiger partial charge on any atom is -0.462 e. The lowest BCUT2D eigenvalue weighted by atomic mass is 10.1. The molecule has 69 heavy (non-hydrogen) atoms. The van der Waals surface area contributed by atoms with E-state index in [2.05, 4.69) is 130 Å². The van der Waals surface area contributed by atoms with Crippen molar-refractivity contribution >= 4 is 17.9 Å². The number of allylic oxidation sites excluding steroid dienone is 18. The molecule has 0 aromatic rings. The fourth-order valence-electron chi connectivity index (χ4n) is 7.50. The second-order valence-corrected chi connectivity index (χ2v) is 18.5. The van der Waals surface area contributed by atoms with Gasteiger partial charge in [0.1, 0.15) is 13.2 Å². The zero-order valence-corrected chi connectivity index (χ0v) is 44.8. The van der Waals surface area contributed by atoms with Crippen LogP contribution in [-0.4, -0.2) is 37.2 Å². The molecule has 6 nitrogen and oxygen atoms in total. The monoisotopic (exact) mass is 957 g/mol. The Kier molecular flexibility index (Phi) is 53.4. The summed E-state index contributed by atoms with van der Waals surface area (Å²) in [6.45, 7) is 6.43. The maximum Gasteiger partial charge on any atom is 0.306 e. The highest BCUT2D eigenvalue weighted by Crippen LogP contribution is 2.14. The zero-order chi connectivity index (χ0) is 50.0. The van der Waals surface area contributed by atoms with E-state index in [9.17, 15) is 14.4 Å². The minimum absolute atomic E-state index is 0.0871. The van der Waals surface area contributed by atoms with Crippen molar-refractivity contribution in [1.29, 1.82) is 0 Å². The summed E-state index contributed by atoms with van der Waals surface area (Å²) in [6, 6.07) is 0. The summed E-state index contributed by atoms with van der Waals surface area (Å²) in [5, 5.41) is 0. The van der Waals surface area contributed by atoms with Gasteiger partial charge in [-0.2, -0.15) is 0 Å². The molecule has 0 saturated carbocycles. The largest absolute Gasteiger partial charge is 0.462 e. The molecule has 0 bridgehead atoms. The highest BCUT2D eigenvalue weighted by atomic mass is 16.6. The second kappa shape index (κ2) is 56.7. The van der Waals surface area contributed by atoms with Crippen LogP contribution < -0.4 is 0 Å². The molecule has 0 aliphatic heterocycles. The van der Waals surface area contributed by atoms with E-state index in [1.807, 2.05) is 0 Å². The molecule has 0 heterocycles. The third kappa shape index (κ3) is 54.9. The van der Waals surface area contributed by atoms with Gasteiger partial charge in [-0.05, 0) is 103 Å². The highest BCUT2D eigenvalue weighted by Gasteiger charge is 2.19. The van der Waals surface area contributed by atoms with E-state index in [0.29, 0.717) is 19.3 Å². The number of hydrogen-bond donors (Lipinski definition) is 0. The Morgan fingerprint density at radius 3 is 0.928 bits per heavy atom. The van der Waals surface area contributed by atoms with Crippen molar-refractivity contribution in [3.05, 3.63) is 109 Å². The fourth-order valence-corrected chi connectivity index (χ4v) is 7.50. The Labute approximate surface area is 425 Å². The summed E-state index contributed by atoms with van der Waals surface area (Å²) in [7, 11) is 0. The van der Waals surface area contributed by atoms with E-state index >= 15 is 0 Å². The quantitative estimate of drug-likeness (QED) is 0.0262. The van der Waals surface area contributed by atoms with Crippen LogP contribution in [0.1, 0.15) is 252 Å². The van der Waals surface area contributed by atoms with Gasteiger partial charge in [0.2, 0.25) is 0 Å². The molecule has 0 spiro atoms. The van der Waals surface area contributed by atoms with Gasteiger partial charge >= 0.3 is 17.9 Å². The molecular weight excluding hydrogens is 853 g/mol. The van der Waals surface area contributed by atoms with Gasteiger partial charge < -0.3 is 14.2 Å².